The van der Waals surface area contributed by atoms with Gasteiger partial charge in [-0.25, -0.2) is 4.98 Å². The zero-order valence-corrected chi connectivity index (χ0v) is 14.2. The molecule has 6 heteroatoms. The molecule has 2 rings (SSSR count). The Hall–Kier alpha value is -1.82. The van der Waals surface area contributed by atoms with E-state index in [1.165, 1.54) is 11.8 Å². The number of H-pyrrole nitrogens is 1. The van der Waals surface area contributed by atoms with Crippen molar-refractivity contribution in [1.29, 1.82) is 0 Å². The van der Waals surface area contributed by atoms with Gasteiger partial charge in [-0.2, -0.15) is 0 Å². The zero-order chi connectivity index (χ0) is 16.1. The van der Waals surface area contributed by atoms with Gasteiger partial charge < -0.3 is 5.32 Å². The van der Waals surface area contributed by atoms with E-state index in [2.05, 4.69) is 34.3 Å². The van der Waals surface area contributed by atoms with Crippen LogP contribution in [0.2, 0.25) is 0 Å². The molecule has 1 aromatic heterocycles. The predicted molar refractivity (Wildman–Crippen MR) is 90.2 cm³/mol. The smallest absolute Gasteiger partial charge is 0.237 e. The fourth-order valence-electron chi connectivity index (χ4n) is 2.05. The lowest BCUT2D eigenvalue weighted by atomic mass is 10.0. The number of aromatic nitrogens is 3. The molecule has 1 atom stereocenters. The number of thioether (sulfide) groups is 1. The maximum atomic E-state index is 12.4. The van der Waals surface area contributed by atoms with E-state index in [9.17, 15) is 4.79 Å². The molecule has 0 saturated carbocycles. The van der Waals surface area contributed by atoms with E-state index in [0.717, 1.165) is 23.5 Å². The number of amides is 1. The lowest BCUT2D eigenvalue weighted by molar-refractivity contribution is -0.115. The molecule has 2 N–H and O–H groups in total. The second-order valence-electron chi connectivity index (χ2n) is 5.41. The molecule has 0 aliphatic carbocycles. The van der Waals surface area contributed by atoms with Crippen LogP contribution in [0.4, 0.5) is 5.69 Å². The second kappa shape index (κ2) is 7.45. The fraction of sp³-hybridized carbons (Fsp3) is 0.438. The van der Waals surface area contributed by atoms with Crippen LogP contribution >= 0.6 is 11.8 Å². The van der Waals surface area contributed by atoms with E-state index < -0.39 is 0 Å². The van der Waals surface area contributed by atoms with E-state index in [4.69, 9.17) is 0 Å². The van der Waals surface area contributed by atoms with Gasteiger partial charge in [-0.1, -0.05) is 50.7 Å². The predicted octanol–water partition coefficient (Wildman–Crippen LogP) is 3.61. The largest absolute Gasteiger partial charge is 0.325 e. The first kappa shape index (κ1) is 16.5. The van der Waals surface area contributed by atoms with Crippen molar-refractivity contribution in [3.63, 3.8) is 0 Å². The Labute approximate surface area is 135 Å². The van der Waals surface area contributed by atoms with Gasteiger partial charge in [0.1, 0.15) is 5.82 Å². The number of hydrogen-bond donors (Lipinski definition) is 2. The molecule has 1 aromatic carbocycles. The molecular formula is C16H22N4OS. The van der Waals surface area contributed by atoms with Crippen molar-refractivity contribution < 1.29 is 4.79 Å². The van der Waals surface area contributed by atoms with E-state index in [-0.39, 0.29) is 11.2 Å². The Morgan fingerprint density at radius 3 is 2.68 bits per heavy atom. The number of aromatic amines is 1. The molecule has 0 radical (unpaired) electrons. The summed E-state index contributed by atoms with van der Waals surface area (Å²) in [4.78, 5) is 16.7. The molecule has 0 saturated heterocycles. The van der Waals surface area contributed by atoms with Crippen LogP contribution in [0.15, 0.2) is 29.4 Å². The number of para-hydroxylation sites is 1. The van der Waals surface area contributed by atoms with Crippen molar-refractivity contribution >= 4 is 23.4 Å². The molecule has 1 unspecified atom stereocenters. The van der Waals surface area contributed by atoms with Crippen LogP contribution in [0.25, 0.3) is 0 Å². The molecule has 5 nitrogen and oxygen atoms in total. The second-order valence-corrected chi connectivity index (χ2v) is 6.72. The number of nitrogens with one attached hydrogen (secondary N) is 2. The standard InChI is InChI=1S/C16H22N4OS/c1-5-14-18-16(20-19-14)22-11(4)15(21)17-13-9-7-6-8-12(13)10(2)3/h6-11H,5H2,1-4H3,(H,17,21)(H,18,19,20). The minimum absolute atomic E-state index is 0.0408. The zero-order valence-electron chi connectivity index (χ0n) is 13.4. The molecule has 2 aromatic rings. The number of anilines is 1. The van der Waals surface area contributed by atoms with E-state index in [0.29, 0.717) is 11.1 Å². The maximum absolute atomic E-state index is 12.4. The van der Waals surface area contributed by atoms with Crippen molar-refractivity contribution in [3.05, 3.63) is 35.7 Å². The van der Waals surface area contributed by atoms with Gasteiger partial charge in [0.15, 0.2) is 0 Å². The molecular weight excluding hydrogens is 296 g/mol. The number of rotatable bonds is 6. The molecule has 0 bridgehead atoms. The highest BCUT2D eigenvalue weighted by Gasteiger charge is 2.18. The average Bonchev–Trinajstić information content (AvgIpc) is 2.95. The van der Waals surface area contributed by atoms with Crippen LogP contribution in [0.5, 0.6) is 0 Å². The fourth-order valence-corrected chi connectivity index (χ4v) is 2.79. The minimum atomic E-state index is -0.263. The summed E-state index contributed by atoms with van der Waals surface area (Å²) in [7, 11) is 0. The van der Waals surface area contributed by atoms with Gasteiger partial charge in [0, 0.05) is 12.1 Å². The van der Waals surface area contributed by atoms with Crippen molar-refractivity contribution in [1.82, 2.24) is 15.2 Å². The van der Waals surface area contributed by atoms with Gasteiger partial charge in [0.05, 0.1) is 5.25 Å². The Bertz CT molecular complexity index is 639. The molecule has 1 amide bonds. The number of nitrogens with zero attached hydrogens (tertiary/aromatic N) is 2. The molecule has 0 aliphatic heterocycles. The van der Waals surface area contributed by atoms with E-state index in [1.54, 1.807) is 0 Å². The maximum Gasteiger partial charge on any atom is 0.237 e. The van der Waals surface area contributed by atoms with Gasteiger partial charge in [-0.3, -0.25) is 9.89 Å². The van der Waals surface area contributed by atoms with Crippen LogP contribution in [-0.2, 0) is 11.2 Å². The van der Waals surface area contributed by atoms with E-state index >= 15 is 0 Å². The number of carbonyl (C=O) groups is 1. The van der Waals surface area contributed by atoms with E-state index in [1.807, 2.05) is 38.1 Å². The van der Waals surface area contributed by atoms with Gasteiger partial charge >= 0.3 is 0 Å². The summed E-state index contributed by atoms with van der Waals surface area (Å²) in [5.41, 5.74) is 2.01. The SMILES string of the molecule is CCc1nc(SC(C)C(=O)Nc2ccccc2C(C)C)n[nH]1. The quantitative estimate of drug-likeness (QED) is 0.798. The lowest BCUT2D eigenvalue weighted by Gasteiger charge is -2.15. The first-order valence-electron chi connectivity index (χ1n) is 7.49. The molecule has 0 fully saturated rings. The molecule has 0 spiro atoms. The first-order chi connectivity index (χ1) is 10.5. The summed E-state index contributed by atoms with van der Waals surface area (Å²) in [5, 5.41) is 10.3. The van der Waals surface area contributed by atoms with Crippen molar-refractivity contribution in [3.8, 4) is 0 Å². The Morgan fingerprint density at radius 2 is 2.05 bits per heavy atom. The van der Waals surface area contributed by atoms with Crippen LogP contribution in [0, 0.1) is 0 Å². The van der Waals surface area contributed by atoms with Crippen LogP contribution < -0.4 is 5.32 Å². The minimum Gasteiger partial charge on any atom is -0.325 e. The monoisotopic (exact) mass is 318 g/mol. The van der Waals surface area contributed by atoms with Gasteiger partial charge in [-0.15, -0.1) is 5.10 Å². The topological polar surface area (TPSA) is 70.7 Å². The van der Waals surface area contributed by atoms with Crippen molar-refractivity contribution in [2.24, 2.45) is 0 Å². The number of carbonyl (C=O) groups excluding carboxylic acids is 1. The van der Waals surface area contributed by atoms with Crippen molar-refractivity contribution in [2.45, 2.75) is 50.4 Å². The summed E-state index contributed by atoms with van der Waals surface area (Å²) < 4.78 is 0. The Balaban J connectivity index is 2.02. The summed E-state index contributed by atoms with van der Waals surface area (Å²) in [6.45, 7) is 8.10. The lowest BCUT2D eigenvalue weighted by Crippen LogP contribution is -2.23. The Morgan fingerprint density at radius 1 is 1.32 bits per heavy atom. The Kier molecular flexibility index (Phi) is 5.60. The third-order valence-electron chi connectivity index (χ3n) is 3.34. The van der Waals surface area contributed by atoms with Crippen LogP contribution in [-0.4, -0.2) is 26.3 Å². The summed E-state index contributed by atoms with van der Waals surface area (Å²) in [5.74, 6) is 1.15. The highest BCUT2D eigenvalue weighted by atomic mass is 32.2. The average molecular weight is 318 g/mol. The molecule has 0 aliphatic rings. The molecule has 22 heavy (non-hydrogen) atoms. The van der Waals surface area contributed by atoms with Gasteiger partial charge in [-0.05, 0) is 24.5 Å². The summed E-state index contributed by atoms with van der Waals surface area (Å²) in [6.07, 6.45) is 0.801. The highest BCUT2D eigenvalue weighted by Crippen LogP contribution is 2.25. The van der Waals surface area contributed by atoms with Crippen LogP contribution in [0.1, 0.15) is 45.0 Å². The number of aryl methyl sites for hydroxylation is 1. The van der Waals surface area contributed by atoms with Gasteiger partial charge in [0.25, 0.3) is 0 Å². The highest BCUT2D eigenvalue weighted by molar-refractivity contribution is 8.00. The normalized spacial score (nSPS) is 12.4. The van der Waals surface area contributed by atoms with Gasteiger partial charge in [0.2, 0.25) is 11.1 Å². The molecule has 118 valence electrons. The van der Waals surface area contributed by atoms with Crippen molar-refractivity contribution in [2.75, 3.05) is 5.32 Å². The summed E-state index contributed by atoms with van der Waals surface area (Å²) in [6, 6.07) is 7.90. The number of hydrogen-bond acceptors (Lipinski definition) is 4. The summed E-state index contributed by atoms with van der Waals surface area (Å²) >= 11 is 1.36. The third kappa shape index (κ3) is 4.10. The molecule has 1 heterocycles. The van der Waals surface area contributed by atoms with Crippen LogP contribution in [0.3, 0.4) is 0 Å². The third-order valence-corrected chi connectivity index (χ3v) is 4.30. The number of benzene rings is 1. The first-order valence-corrected chi connectivity index (χ1v) is 8.37.